The maximum atomic E-state index is 13.1. The second kappa shape index (κ2) is 7.89. The van der Waals surface area contributed by atoms with Gasteiger partial charge >= 0.3 is 0 Å². The molecule has 0 aliphatic heterocycles. The number of nitrogens with zero attached hydrogens (tertiary/aromatic N) is 2. The van der Waals surface area contributed by atoms with Crippen molar-refractivity contribution in [1.29, 1.82) is 0 Å². The van der Waals surface area contributed by atoms with Gasteiger partial charge in [-0.15, -0.1) is 0 Å². The van der Waals surface area contributed by atoms with E-state index in [4.69, 9.17) is 11.6 Å². The van der Waals surface area contributed by atoms with Gasteiger partial charge in [-0.25, -0.2) is 13.1 Å². The van der Waals surface area contributed by atoms with Crippen molar-refractivity contribution in [2.75, 3.05) is 4.72 Å². The van der Waals surface area contributed by atoms with Crippen molar-refractivity contribution in [3.63, 3.8) is 0 Å². The summed E-state index contributed by atoms with van der Waals surface area (Å²) in [5.41, 5.74) is 4.01. The molecule has 1 N–H and O–H groups in total. The van der Waals surface area contributed by atoms with E-state index in [2.05, 4.69) is 9.82 Å². The zero-order valence-corrected chi connectivity index (χ0v) is 18.3. The van der Waals surface area contributed by atoms with Crippen LogP contribution in [0.15, 0.2) is 52.2 Å². The number of halogens is 1. The van der Waals surface area contributed by atoms with Gasteiger partial charge in [0.1, 0.15) is 0 Å². The molecule has 30 heavy (non-hydrogen) atoms. The van der Waals surface area contributed by atoms with Crippen LogP contribution in [0.25, 0.3) is 11.3 Å². The van der Waals surface area contributed by atoms with Gasteiger partial charge in [0, 0.05) is 23.2 Å². The van der Waals surface area contributed by atoms with E-state index >= 15 is 0 Å². The third-order valence-corrected chi connectivity index (χ3v) is 7.14. The molecule has 0 spiro atoms. The molecule has 1 aliphatic rings. The van der Waals surface area contributed by atoms with Crippen LogP contribution in [0.5, 0.6) is 0 Å². The van der Waals surface area contributed by atoms with Crippen LogP contribution >= 0.6 is 11.6 Å². The van der Waals surface area contributed by atoms with Gasteiger partial charge in [0.05, 0.1) is 16.3 Å². The van der Waals surface area contributed by atoms with Crippen LogP contribution in [-0.4, -0.2) is 18.2 Å². The molecule has 2 aromatic carbocycles. The van der Waals surface area contributed by atoms with Gasteiger partial charge in [-0.3, -0.25) is 9.52 Å². The molecular formula is C22H22ClN3O3S. The number of benzene rings is 2. The number of anilines is 1. The Hall–Kier alpha value is -2.64. The van der Waals surface area contributed by atoms with Crippen LogP contribution in [0.1, 0.15) is 29.5 Å². The predicted molar refractivity (Wildman–Crippen MR) is 119 cm³/mol. The number of aryl methyl sites for hydroxylation is 2. The van der Waals surface area contributed by atoms with Gasteiger partial charge < -0.3 is 0 Å². The van der Waals surface area contributed by atoms with Crippen molar-refractivity contribution in [3.8, 4) is 11.3 Å². The van der Waals surface area contributed by atoms with E-state index < -0.39 is 10.0 Å². The lowest BCUT2D eigenvalue weighted by molar-refractivity contribution is 0.600. The molecule has 4 rings (SSSR count). The molecule has 0 unspecified atom stereocenters. The van der Waals surface area contributed by atoms with Crippen molar-refractivity contribution in [3.05, 3.63) is 74.5 Å². The largest absolute Gasteiger partial charge is 0.280 e. The minimum atomic E-state index is -3.84. The summed E-state index contributed by atoms with van der Waals surface area (Å²) in [6, 6.07) is 11.8. The summed E-state index contributed by atoms with van der Waals surface area (Å²) in [5, 5.41) is 4.92. The highest BCUT2D eigenvalue weighted by atomic mass is 35.5. The van der Waals surface area contributed by atoms with Crippen LogP contribution in [-0.2, 0) is 29.9 Å². The standard InChI is InChI=1S/C22H22ClN3O3S/c1-14-10-11-15(21-18-8-3-4-9-19(18)22(27)26(2)24-21)12-20(14)30(28,29)25-17-7-5-6-16(23)13-17/h5-7,10-13,25H,3-4,8-9H2,1-2H3. The van der Waals surface area contributed by atoms with Crippen LogP contribution in [0, 0.1) is 6.92 Å². The SMILES string of the molecule is Cc1ccc(-c2nn(C)c(=O)c3c2CCCC3)cc1S(=O)(=O)Nc1cccc(Cl)c1. The molecule has 0 fully saturated rings. The van der Waals surface area contributed by atoms with Gasteiger partial charge in [-0.2, -0.15) is 5.10 Å². The fraction of sp³-hybridized carbons (Fsp3) is 0.273. The molecule has 1 heterocycles. The molecule has 0 bridgehead atoms. The molecule has 0 saturated carbocycles. The van der Waals surface area contributed by atoms with Gasteiger partial charge in [0.25, 0.3) is 15.6 Å². The Bertz CT molecular complexity index is 1300. The molecule has 3 aromatic rings. The number of fused-ring (bicyclic) bond motifs is 1. The lowest BCUT2D eigenvalue weighted by Gasteiger charge is -2.20. The molecule has 6 nitrogen and oxygen atoms in total. The number of sulfonamides is 1. The van der Waals surface area contributed by atoms with Crippen LogP contribution in [0.3, 0.4) is 0 Å². The molecule has 0 atom stereocenters. The van der Waals surface area contributed by atoms with Crippen molar-refractivity contribution in [2.45, 2.75) is 37.5 Å². The predicted octanol–water partition coefficient (Wildman–Crippen LogP) is 4.09. The monoisotopic (exact) mass is 443 g/mol. The Balaban J connectivity index is 1.82. The maximum Gasteiger partial charge on any atom is 0.269 e. The third kappa shape index (κ3) is 3.87. The van der Waals surface area contributed by atoms with Crippen LogP contribution in [0.2, 0.25) is 5.02 Å². The summed E-state index contributed by atoms with van der Waals surface area (Å²) >= 11 is 5.98. The molecule has 8 heteroatoms. The highest BCUT2D eigenvalue weighted by molar-refractivity contribution is 7.92. The third-order valence-electron chi connectivity index (χ3n) is 5.38. The van der Waals surface area contributed by atoms with E-state index in [0.29, 0.717) is 27.5 Å². The summed E-state index contributed by atoms with van der Waals surface area (Å²) < 4.78 is 30.1. The van der Waals surface area contributed by atoms with E-state index in [-0.39, 0.29) is 10.5 Å². The van der Waals surface area contributed by atoms with Gasteiger partial charge in [0.15, 0.2) is 0 Å². The fourth-order valence-electron chi connectivity index (χ4n) is 3.88. The number of aromatic nitrogens is 2. The number of hydrogen-bond acceptors (Lipinski definition) is 4. The van der Waals surface area contributed by atoms with Crippen molar-refractivity contribution in [1.82, 2.24) is 9.78 Å². The summed E-state index contributed by atoms with van der Waals surface area (Å²) in [6.07, 6.45) is 3.46. The summed E-state index contributed by atoms with van der Waals surface area (Å²) in [6.45, 7) is 1.75. The van der Waals surface area contributed by atoms with E-state index in [1.807, 2.05) is 6.07 Å². The minimum absolute atomic E-state index is 0.0731. The lowest BCUT2D eigenvalue weighted by Crippen LogP contribution is -2.28. The van der Waals surface area contributed by atoms with Gasteiger partial charge in [-0.05, 0) is 68.0 Å². The van der Waals surface area contributed by atoms with Crippen LogP contribution < -0.4 is 10.3 Å². The number of rotatable bonds is 4. The summed E-state index contributed by atoms with van der Waals surface area (Å²) in [7, 11) is -2.20. The summed E-state index contributed by atoms with van der Waals surface area (Å²) in [4.78, 5) is 12.7. The Labute approximate surface area is 180 Å². The van der Waals surface area contributed by atoms with Gasteiger partial charge in [0.2, 0.25) is 0 Å². The Kier molecular flexibility index (Phi) is 5.42. The van der Waals surface area contributed by atoms with Crippen LogP contribution in [0.4, 0.5) is 5.69 Å². The van der Waals surface area contributed by atoms with Crippen molar-refractivity contribution in [2.24, 2.45) is 7.05 Å². The highest BCUT2D eigenvalue weighted by Crippen LogP contribution is 2.31. The first kappa shape index (κ1) is 20.6. The number of nitrogens with one attached hydrogen (secondary N) is 1. The summed E-state index contributed by atoms with van der Waals surface area (Å²) in [5.74, 6) is 0. The van der Waals surface area contributed by atoms with E-state index in [0.717, 1.165) is 36.8 Å². The molecule has 156 valence electrons. The molecule has 1 aromatic heterocycles. The topological polar surface area (TPSA) is 81.1 Å². The molecular weight excluding hydrogens is 422 g/mol. The maximum absolute atomic E-state index is 13.1. The lowest BCUT2D eigenvalue weighted by atomic mass is 9.89. The average Bonchev–Trinajstić information content (AvgIpc) is 2.71. The normalized spacial score (nSPS) is 13.7. The van der Waals surface area contributed by atoms with Crippen molar-refractivity contribution >= 4 is 27.3 Å². The van der Waals surface area contributed by atoms with Gasteiger partial charge in [-0.1, -0.05) is 29.8 Å². The second-order valence-electron chi connectivity index (χ2n) is 7.54. The number of hydrogen-bond donors (Lipinski definition) is 1. The minimum Gasteiger partial charge on any atom is -0.280 e. The Morgan fingerprint density at radius 3 is 2.53 bits per heavy atom. The quantitative estimate of drug-likeness (QED) is 0.658. The van der Waals surface area contributed by atoms with E-state index in [1.165, 1.54) is 4.68 Å². The highest BCUT2D eigenvalue weighted by Gasteiger charge is 2.23. The Morgan fingerprint density at radius 1 is 1.07 bits per heavy atom. The smallest absolute Gasteiger partial charge is 0.269 e. The van der Waals surface area contributed by atoms with E-state index in [1.54, 1.807) is 50.4 Å². The first-order valence-corrected chi connectivity index (χ1v) is 11.6. The zero-order valence-electron chi connectivity index (χ0n) is 16.8. The second-order valence-corrected chi connectivity index (χ2v) is 9.62. The molecule has 1 aliphatic carbocycles. The zero-order chi connectivity index (χ0) is 21.5. The van der Waals surface area contributed by atoms with Crippen molar-refractivity contribution < 1.29 is 8.42 Å². The average molecular weight is 444 g/mol. The fourth-order valence-corrected chi connectivity index (χ4v) is 5.40. The molecule has 0 radical (unpaired) electrons. The molecule has 0 saturated heterocycles. The Morgan fingerprint density at radius 2 is 1.80 bits per heavy atom. The first-order valence-electron chi connectivity index (χ1n) is 9.75. The van der Waals surface area contributed by atoms with E-state index in [9.17, 15) is 13.2 Å². The first-order chi connectivity index (χ1) is 14.3. The molecule has 0 amide bonds.